The molecule has 0 bridgehead atoms. The molecule has 0 aliphatic carbocycles. The van der Waals surface area contributed by atoms with Gasteiger partial charge in [-0.3, -0.25) is 19.2 Å². The average molecular weight is 1800 g/mol. The van der Waals surface area contributed by atoms with Gasteiger partial charge in [0.25, 0.3) is 0 Å². The zero-order chi connectivity index (χ0) is 90.7. The highest BCUT2D eigenvalue weighted by molar-refractivity contribution is 5.75. The number of aliphatic carboxylic acids is 1. The van der Waals surface area contributed by atoms with Gasteiger partial charge in [-0.15, -0.1) is 0 Å². The standard InChI is InChI=1S/C68H112N4O51/c1-14-31(83)40(92)44(96)63(107-14)106-13-26-52(38(90)27(59(104)108-26)69-15(2)79)117-61-29(71-17(4)81)39(91)50(23(10-77)113-61)118-67-49(101)55(36(88)25(115-67)12-105-64-45(97)41(93)33(85)20(7-74)111-64)121-68-57(47(99)51(24(11-78)114-68)116-60-28(70-16(3)80)37(89)32(84)19(6-73)109-60)123-62-30(72-18(5)82)53(34(86)21(8-75)110-62)119-66-48(100)54(35(87)22(9-76)112-66)120-65-46(98)42(94)43(95)56(122-65)58(102)103/h14,19-57,59-68,73-78,83-101,104H,6-13H2,1-5H3,(H,69,79)(H,70,80)(H,71,81)(H,72,82)(H,102,103)/t14-,19+,20+,21+,22+,23+,24+,25+,26+,27+,28+,29+,30+,31+,32+,33+,34+,35-,36+,37+,38+,39+,40+,41-,42-,43-,44-,45-,46+,47-,48+,49-,50+,51+,52+,53+,54-,55-,56-,57-,59+,60-,61-,62-,63+,64-,65+,66-,67-,68+/m0/s1. The highest BCUT2D eigenvalue weighted by atomic mass is 16.8. The van der Waals surface area contributed by atoms with Crippen LogP contribution in [0.5, 0.6) is 0 Å². The van der Waals surface area contributed by atoms with E-state index in [2.05, 4.69) is 21.3 Å². The van der Waals surface area contributed by atoms with E-state index in [0.29, 0.717) is 0 Å². The van der Waals surface area contributed by atoms with Crippen LogP contribution in [0.25, 0.3) is 0 Å². The molecule has 0 unspecified atom stereocenters. The molecule has 0 aromatic heterocycles. The lowest BCUT2D eigenvalue weighted by Gasteiger charge is -2.52. The van der Waals surface area contributed by atoms with Crippen molar-refractivity contribution in [3.05, 3.63) is 0 Å². The number of hydrogen-bond acceptors (Lipinski definition) is 50. The summed E-state index contributed by atoms with van der Waals surface area (Å²) in [5, 5.41) is 311. The van der Waals surface area contributed by atoms with Crippen LogP contribution in [0.2, 0.25) is 0 Å². The summed E-state index contributed by atoms with van der Waals surface area (Å²) in [4.78, 5) is 64.0. The lowest BCUT2D eigenvalue weighted by Crippen LogP contribution is -2.71. The zero-order valence-electron chi connectivity index (χ0n) is 65.9. The van der Waals surface area contributed by atoms with Crippen molar-refractivity contribution in [3.8, 4) is 0 Å². The van der Waals surface area contributed by atoms with Crippen molar-refractivity contribution in [2.75, 3.05) is 52.9 Å². The molecule has 0 radical (unpaired) electrons. The Morgan fingerprint density at radius 1 is 0.252 bits per heavy atom. The first-order chi connectivity index (χ1) is 58.0. The Kier molecular flexibility index (Phi) is 35.6. The lowest BCUT2D eigenvalue weighted by molar-refractivity contribution is -0.405. The van der Waals surface area contributed by atoms with Crippen molar-refractivity contribution in [1.82, 2.24) is 21.3 Å². The Balaban J connectivity index is 1.02. The molecule has 710 valence electrons. The molecule has 10 fully saturated rings. The second-order valence-corrected chi connectivity index (χ2v) is 31.0. The van der Waals surface area contributed by atoms with Crippen LogP contribution in [-0.2, 0) is 114 Å². The summed E-state index contributed by atoms with van der Waals surface area (Å²) in [6, 6.07) is -7.84. The van der Waals surface area contributed by atoms with Crippen molar-refractivity contribution in [2.45, 2.75) is 341 Å². The fourth-order valence-corrected chi connectivity index (χ4v) is 15.8. The molecule has 31 N–H and O–H groups in total. The molecule has 0 aromatic rings. The Bertz CT molecular complexity index is 3380. The first-order valence-electron chi connectivity index (χ1n) is 39.0. The minimum atomic E-state index is -2.67. The van der Waals surface area contributed by atoms with Gasteiger partial charge in [0.2, 0.25) is 23.6 Å². The van der Waals surface area contributed by atoms with E-state index >= 15 is 0 Å². The molecule has 123 heavy (non-hydrogen) atoms. The van der Waals surface area contributed by atoms with Crippen LogP contribution in [0.15, 0.2) is 0 Å². The molecular formula is C68H112N4O51. The summed E-state index contributed by atoms with van der Waals surface area (Å²) in [7, 11) is 0. The number of carboxylic acids is 1. The first-order valence-corrected chi connectivity index (χ1v) is 39.0. The molecule has 55 heteroatoms. The molecule has 50 atom stereocenters. The van der Waals surface area contributed by atoms with Crippen LogP contribution in [-0.4, -0.2) is 527 Å². The van der Waals surface area contributed by atoms with Crippen molar-refractivity contribution in [3.63, 3.8) is 0 Å². The average Bonchev–Trinajstić information content (AvgIpc) is 0.554. The summed E-state index contributed by atoms with van der Waals surface area (Å²) in [5.41, 5.74) is 0. The number of rotatable bonds is 31. The van der Waals surface area contributed by atoms with Gasteiger partial charge in [0.1, 0.15) is 232 Å². The molecule has 55 nitrogen and oxygen atoms in total. The smallest absolute Gasteiger partial charge is 0.335 e. The van der Waals surface area contributed by atoms with Gasteiger partial charge in [0.15, 0.2) is 69.0 Å². The molecule has 10 heterocycles. The van der Waals surface area contributed by atoms with E-state index < -0.39 is 389 Å². The molecule has 0 aromatic carbocycles. The minimum absolute atomic E-state index is 0.848. The number of carboxylic acid groups (broad SMARTS) is 1. The second kappa shape index (κ2) is 43.5. The number of ether oxygens (including phenoxy) is 19. The minimum Gasteiger partial charge on any atom is -0.479 e. The molecule has 10 saturated heterocycles. The van der Waals surface area contributed by atoms with E-state index in [-0.39, 0.29) is 0 Å². The Labute approximate surface area is 695 Å². The van der Waals surface area contributed by atoms with Gasteiger partial charge < -0.3 is 249 Å². The third-order valence-electron chi connectivity index (χ3n) is 22.4. The number of carbonyl (C=O) groups excluding carboxylic acids is 4. The number of hydrogen-bond donors (Lipinski definition) is 31. The summed E-state index contributed by atoms with van der Waals surface area (Å²) in [6.07, 6.45) is -99.6. The van der Waals surface area contributed by atoms with Gasteiger partial charge in [0, 0.05) is 27.7 Å². The molecule has 0 spiro atoms. The van der Waals surface area contributed by atoms with Gasteiger partial charge in [-0.05, 0) is 6.92 Å². The Morgan fingerprint density at radius 3 is 1.08 bits per heavy atom. The maximum absolute atomic E-state index is 13.5. The van der Waals surface area contributed by atoms with Crippen LogP contribution in [0, 0.1) is 0 Å². The predicted molar refractivity (Wildman–Crippen MR) is 375 cm³/mol. The molecule has 10 aliphatic heterocycles. The number of amides is 4. The van der Waals surface area contributed by atoms with Gasteiger partial charge in [0.05, 0.1) is 59.0 Å². The summed E-state index contributed by atoms with van der Waals surface area (Å²) < 4.78 is 113. The highest BCUT2D eigenvalue weighted by Gasteiger charge is 2.62. The lowest BCUT2D eigenvalue weighted by atomic mass is 9.93. The van der Waals surface area contributed by atoms with Crippen molar-refractivity contribution in [1.29, 1.82) is 0 Å². The van der Waals surface area contributed by atoms with E-state index in [4.69, 9.17) is 90.0 Å². The number of aliphatic hydroxyl groups excluding tert-OH is 26. The van der Waals surface area contributed by atoms with Crippen LogP contribution < -0.4 is 21.3 Å². The van der Waals surface area contributed by atoms with Gasteiger partial charge >= 0.3 is 5.97 Å². The fraction of sp³-hybridized carbons (Fsp3) is 0.926. The van der Waals surface area contributed by atoms with Crippen LogP contribution in [0.4, 0.5) is 0 Å². The monoisotopic (exact) mass is 1800 g/mol. The zero-order valence-corrected chi connectivity index (χ0v) is 65.9. The molecule has 0 saturated carbocycles. The summed E-state index contributed by atoms with van der Waals surface area (Å²) in [5.74, 6) is -5.77. The summed E-state index contributed by atoms with van der Waals surface area (Å²) in [6.45, 7) is -4.22. The van der Waals surface area contributed by atoms with E-state index in [1.165, 1.54) is 6.92 Å². The maximum atomic E-state index is 13.5. The SMILES string of the molecule is CC(=O)N[C@@H]1[C@@H](O)[C@H](O[C@@H]2O[C@H](CO)[C@@H](O[C@@H]3O[C@H](CO[C@H]4O[C@H](CO)[C@@H](O)[C@H](O)[C@@H]4O)[C@@H](O)[C@H](O[C@H]4O[C@H](CO)[C@@H](O[C@@H]5O[C@H](CO)[C@@H](O)[C@H](O)[C@H]5NC(C)=O)[C@H](O)[C@@H]4O[C@@H]4O[C@H](CO)[C@@H](O)[C@H](O[C@@H]5O[C@H](CO)[C@H](O)[C@H](O[C@@H]6O[C@H](C(=O)O)[C@@H](O)[C@H](O)[C@H]6O)[C@H]5O)[C@H]4NC(C)=O)[C@@H]3O)[C@H](O)[C@H]2NC(C)=O)[C@@H](CO[C@@H]2O[C@@H](C)[C@@H](O)[C@@H](O)[C@@H]2O)O[C@H]1O. The number of aliphatic hydroxyl groups is 26. The van der Waals surface area contributed by atoms with Crippen LogP contribution >= 0.6 is 0 Å². The maximum Gasteiger partial charge on any atom is 0.335 e. The van der Waals surface area contributed by atoms with E-state index in [0.717, 1.165) is 27.7 Å². The normalized spacial score (nSPS) is 49.4. The third kappa shape index (κ3) is 22.3. The van der Waals surface area contributed by atoms with Crippen LogP contribution in [0.1, 0.15) is 34.6 Å². The highest BCUT2D eigenvalue weighted by Crippen LogP contribution is 2.41. The van der Waals surface area contributed by atoms with Crippen molar-refractivity contribution in [2.24, 2.45) is 0 Å². The van der Waals surface area contributed by atoms with Gasteiger partial charge in [-0.1, -0.05) is 0 Å². The van der Waals surface area contributed by atoms with Gasteiger partial charge in [-0.25, -0.2) is 4.79 Å². The fourth-order valence-electron chi connectivity index (χ4n) is 15.8. The molecule has 10 aliphatic rings. The topological polar surface area (TPSA) is 855 Å². The van der Waals surface area contributed by atoms with E-state index in [1.807, 2.05) is 0 Å². The van der Waals surface area contributed by atoms with Crippen molar-refractivity contribution >= 4 is 29.6 Å². The molecular weight excluding hydrogens is 1690 g/mol. The molecule has 4 amide bonds. The number of carbonyl (C=O) groups is 5. The quantitative estimate of drug-likeness (QED) is 0.0306. The van der Waals surface area contributed by atoms with Gasteiger partial charge in [-0.2, -0.15) is 0 Å². The van der Waals surface area contributed by atoms with Crippen LogP contribution in [0.3, 0.4) is 0 Å². The predicted octanol–water partition coefficient (Wildman–Crippen LogP) is -21.1. The molecule has 10 rings (SSSR count). The largest absolute Gasteiger partial charge is 0.479 e. The third-order valence-corrected chi connectivity index (χ3v) is 22.4. The second-order valence-electron chi connectivity index (χ2n) is 31.0. The Hall–Kier alpha value is -4.45. The number of nitrogens with one attached hydrogen (secondary N) is 4. The van der Waals surface area contributed by atoms with E-state index in [1.54, 1.807) is 0 Å². The first kappa shape index (κ1) is 101. The Morgan fingerprint density at radius 2 is 0.569 bits per heavy atom. The summed E-state index contributed by atoms with van der Waals surface area (Å²) >= 11 is 0. The van der Waals surface area contributed by atoms with E-state index in [9.17, 15) is 162 Å². The van der Waals surface area contributed by atoms with Crippen molar-refractivity contribution < 1.29 is 252 Å².